The Morgan fingerprint density at radius 2 is 1.41 bits per heavy atom. The predicted octanol–water partition coefficient (Wildman–Crippen LogP) is 5.81. The van der Waals surface area contributed by atoms with Gasteiger partial charge in [-0.3, -0.25) is 4.79 Å². The fourth-order valence-corrected chi connectivity index (χ4v) is 3.61. The van der Waals surface area contributed by atoms with Crippen LogP contribution in [-0.2, 0) is 13.1 Å². The SMILES string of the molecule is Cc1ccccc1C(=O)n1nc(NCc2ccccc2Cl)nc1NCc1ccccc1Cl. The van der Waals surface area contributed by atoms with Crippen LogP contribution in [0.1, 0.15) is 27.0 Å². The summed E-state index contributed by atoms with van der Waals surface area (Å²) < 4.78 is 1.27. The molecule has 0 spiro atoms. The van der Waals surface area contributed by atoms with Gasteiger partial charge in [-0.1, -0.05) is 77.8 Å². The van der Waals surface area contributed by atoms with Crippen LogP contribution in [-0.4, -0.2) is 20.7 Å². The number of benzene rings is 3. The highest BCUT2D eigenvalue weighted by Gasteiger charge is 2.19. The van der Waals surface area contributed by atoms with E-state index in [2.05, 4.69) is 20.7 Å². The smallest absolute Gasteiger partial charge is 0.281 e. The molecule has 0 bridgehead atoms. The van der Waals surface area contributed by atoms with Crippen LogP contribution in [0.15, 0.2) is 72.8 Å². The minimum absolute atomic E-state index is 0.275. The zero-order chi connectivity index (χ0) is 22.5. The molecule has 0 aliphatic carbocycles. The first-order valence-corrected chi connectivity index (χ1v) is 10.8. The maximum absolute atomic E-state index is 13.3. The van der Waals surface area contributed by atoms with E-state index < -0.39 is 0 Å². The summed E-state index contributed by atoms with van der Waals surface area (Å²) in [6, 6.07) is 22.4. The van der Waals surface area contributed by atoms with Gasteiger partial charge in [0.2, 0.25) is 11.9 Å². The fourth-order valence-electron chi connectivity index (χ4n) is 3.20. The number of nitrogens with zero attached hydrogens (tertiary/aromatic N) is 3. The summed E-state index contributed by atoms with van der Waals surface area (Å²) in [7, 11) is 0. The Labute approximate surface area is 196 Å². The summed E-state index contributed by atoms with van der Waals surface area (Å²) in [5.41, 5.74) is 3.20. The Morgan fingerprint density at radius 3 is 2.03 bits per heavy atom. The Morgan fingerprint density at radius 1 is 0.844 bits per heavy atom. The molecular weight excluding hydrogens is 445 g/mol. The third kappa shape index (κ3) is 4.93. The average Bonchev–Trinajstić information content (AvgIpc) is 3.21. The van der Waals surface area contributed by atoms with Crippen LogP contribution in [0.5, 0.6) is 0 Å². The van der Waals surface area contributed by atoms with Crippen LogP contribution in [0.4, 0.5) is 11.9 Å². The number of anilines is 2. The summed E-state index contributed by atoms with van der Waals surface area (Å²) in [5, 5.41) is 12.0. The van der Waals surface area contributed by atoms with E-state index in [-0.39, 0.29) is 5.91 Å². The number of carbonyl (C=O) groups is 1. The van der Waals surface area contributed by atoms with Crippen LogP contribution in [0.25, 0.3) is 0 Å². The zero-order valence-electron chi connectivity index (χ0n) is 17.3. The fraction of sp³-hybridized carbons (Fsp3) is 0.125. The zero-order valence-corrected chi connectivity index (χ0v) is 18.9. The third-order valence-electron chi connectivity index (χ3n) is 4.96. The van der Waals surface area contributed by atoms with Crippen LogP contribution in [0, 0.1) is 6.92 Å². The molecule has 0 fully saturated rings. The molecule has 4 rings (SSSR count). The van der Waals surface area contributed by atoms with Crippen LogP contribution in [0.2, 0.25) is 10.0 Å². The van der Waals surface area contributed by atoms with Gasteiger partial charge in [0.15, 0.2) is 0 Å². The van der Waals surface area contributed by atoms with Crippen LogP contribution < -0.4 is 10.6 Å². The quantitative estimate of drug-likeness (QED) is 0.360. The van der Waals surface area contributed by atoms with Crippen molar-refractivity contribution < 1.29 is 4.79 Å². The van der Waals surface area contributed by atoms with Crippen molar-refractivity contribution in [1.82, 2.24) is 14.8 Å². The molecule has 0 atom stereocenters. The molecule has 0 radical (unpaired) electrons. The number of rotatable bonds is 7. The highest BCUT2D eigenvalue weighted by Crippen LogP contribution is 2.20. The van der Waals surface area contributed by atoms with Gasteiger partial charge < -0.3 is 10.6 Å². The molecule has 1 heterocycles. The number of hydrogen-bond donors (Lipinski definition) is 2. The second-order valence-electron chi connectivity index (χ2n) is 7.18. The van der Waals surface area contributed by atoms with E-state index in [1.54, 1.807) is 6.07 Å². The number of hydrogen-bond acceptors (Lipinski definition) is 5. The van der Waals surface area contributed by atoms with Crippen molar-refractivity contribution in [3.63, 3.8) is 0 Å². The first kappa shape index (κ1) is 21.9. The lowest BCUT2D eigenvalue weighted by Gasteiger charge is -2.09. The van der Waals surface area contributed by atoms with E-state index in [1.165, 1.54) is 4.68 Å². The van der Waals surface area contributed by atoms with E-state index in [0.717, 1.165) is 16.7 Å². The topological polar surface area (TPSA) is 71.8 Å². The van der Waals surface area contributed by atoms with Crippen molar-refractivity contribution in [3.05, 3.63) is 105 Å². The number of carbonyl (C=O) groups excluding carboxylic acids is 1. The van der Waals surface area contributed by atoms with Crippen molar-refractivity contribution in [3.8, 4) is 0 Å². The van der Waals surface area contributed by atoms with Gasteiger partial charge in [-0.15, -0.1) is 5.10 Å². The van der Waals surface area contributed by atoms with E-state index in [1.807, 2.05) is 73.7 Å². The molecule has 6 nitrogen and oxygen atoms in total. The Bertz CT molecular complexity index is 1250. The number of aromatic nitrogens is 3. The highest BCUT2D eigenvalue weighted by molar-refractivity contribution is 6.31. The Balaban J connectivity index is 1.61. The second kappa shape index (κ2) is 9.85. The maximum atomic E-state index is 13.3. The maximum Gasteiger partial charge on any atom is 0.281 e. The van der Waals surface area contributed by atoms with E-state index in [4.69, 9.17) is 23.2 Å². The first-order valence-electron chi connectivity index (χ1n) is 10.0. The van der Waals surface area contributed by atoms with Gasteiger partial charge >= 0.3 is 0 Å². The second-order valence-corrected chi connectivity index (χ2v) is 8.00. The molecule has 2 N–H and O–H groups in total. The standard InChI is InChI=1S/C24H21Cl2N5O/c1-16-8-2-5-11-19(16)22(32)31-24(28-15-18-10-4-7-13-21(18)26)29-23(30-31)27-14-17-9-3-6-12-20(17)25/h2-13H,14-15H2,1H3,(H2,27,28,29,30). The molecule has 3 aromatic carbocycles. The first-order chi connectivity index (χ1) is 15.5. The van der Waals surface area contributed by atoms with Crippen molar-refractivity contribution in [2.24, 2.45) is 0 Å². The molecule has 8 heteroatoms. The summed E-state index contributed by atoms with van der Waals surface area (Å²) in [6.07, 6.45) is 0. The lowest BCUT2D eigenvalue weighted by molar-refractivity contribution is 0.0947. The van der Waals surface area contributed by atoms with Gasteiger partial charge in [-0.05, 0) is 41.8 Å². The molecule has 0 unspecified atom stereocenters. The van der Waals surface area contributed by atoms with E-state index in [0.29, 0.717) is 40.6 Å². The minimum atomic E-state index is -0.275. The van der Waals surface area contributed by atoms with E-state index >= 15 is 0 Å². The summed E-state index contributed by atoms with van der Waals surface area (Å²) in [6.45, 7) is 2.70. The molecule has 1 aromatic heterocycles. The summed E-state index contributed by atoms with van der Waals surface area (Å²) in [5.74, 6) is 0.358. The number of nitrogens with one attached hydrogen (secondary N) is 2. The predicted molar refractivity (Wildman–Crippen MR) is 128 cm³/mol. The van der Waals surface area contributed by atoms with Crippen molar-refractivity contribution in [2.75, 3.05) is 10.6 Å². The van der Waals surface area contributed by atoms with Crippen LogP contribution >= 0.6 is 23.2 Å². The molecule has 0 saturated heterocycles. The average molecular weight is 466 g/mol. The normalized spacial score (nSPS) is 10.7. The Hall–Kier alpha value is -3.35. The van der Waals surface area contributed by atoms with Crippen molar-refractivity contribution in [1.29, 1.82) is 0 Å². The Kier molecular flexibility index (Phi) is 6.73. The highest BCUT2D eigenvalue weighted by atomic mass is 35.5. The lowest BCUT2D eigenvalue weighted by atomic mass is 10.1. The lowest BCUT2D eigenvalue weighted by Crippen LogP contribution is -2.18. The molecule has 0 aliphatic heterocycles. The van der Waals surface area contributed by atoms with Gasteiger partial charge in [0.05, 0.1) is 0 Å². The molecule has 32 heavy (non-hydrogen) atoms. The van der Waals surface area contributed by atoms with Gasteiger partial charge in [-0.25, -0.2) is 0 Å². The largest absolute Gasteiger partial charge is 0.350 e. The van der Waals surface area contributed by atoms with Crippen molar-refractivity contribution in [2.45, 2.75) is 20.0 Å². The molecule has 162 valence electrons. The van der Waals surface area contributed by atoms with Gasteiger partial charge in [0, 0.05) is 28.7 Å². The van der Waals surface area contributed by atoms with E-state index in [9.17, 15) is 4.79 Å². The minimum Gasteiger partial charge on any atom is -0.350 e. The van der Waals surface area contributed by atoms with Crippen LogP contribution in [0.3, 0.4) is 0 Å². The van der Waals surface area contributed by atoms with Gasteiger partial charge in [0.25, 0.3) is 5.91 Å². The van der Waals surface area contributed by atoms with Crippen molar-refractivity contribution >= 4 is 41.0 Å². The summed E-state index contributed by atoms with van der Waals surface area (Å²) in [4.78, 5) is 17.8. The van der Waals surface area contributed by atoms with Gasteiger partial charge in [0.1, 0.15) is 0 Å². The molecule has 4 aromatic rings. The monoisotopic (exact) mass is 465 g/mol. The number of aryl methyl sites for hydroxylation is 1. The molecule has 0 saturated carbocycles. The summed E-state index contributed by atoms with van der Waals surface area (Å²) >= 11 is 12.5. The number of halogens is 2. The third-order valence-corrected chi connectivity index (χ3v) is 5.70. The molecule has 0 amide bonds. The molecular formula is C24H21Cl2N5O. The molecule has 0 aliphatic rings. The van der Waals surface area contributed by atoms with Gasteiger partial charge in [-0.2, -0.15) is 9.67 Å².